The standard InChI is InChI=1S/C25H21F3O2/c1-2-19-9-7-18(14-30-19)20-10-8-17(13-22(20)26)15-3-5-16(6-4-15)21-11-12-23(29)25(28)24(21)27/h2-6,8,10-13,18-19,29H,1,7,9,14H2. The maximum Gasteiger partial charge on any atom is 0.200 e. The van der Waals surface area contributed by atoms with Gasteiger partial charge in [0.05, 0.1) is 12.7 Å². The van der Waals surface area contributed by atoms with Crippen LogP contribution < -0.4 is 0 Å². The van der Waals surface area contributed by atoms with Gasteiger partial charge in [-0.15, -0.1) is 6.58 Å². The van der Waals surface area contributed by atoms with Gasteiger partial charge in [-0.05, 0) is 53.3 Å². The van der Waals surface area contributed by atoms with Crippen molar-refractivity contribution in [2.24, 2.45) is 0 Å². The number of benzene rings is 3. The highest BCUT2D eigenvalue weighted by atomic mass is 19.2. The zero-order valence-corrected chi connectivity index (χ0v) is 16.2. The Morgan fingerprint density at radius 1 is 0.867 bits per heavy atom. The van der Waals surface area contributed by atoms with Crippen LogP contribution in [0.2, 0.25) is 0 Å². The van der Waals surface area contributed by atoms with Gasteiger partial charge in [-0.2, -0.15) is 4.39 Å². The first-order valence-electron chi connectivity index (χ1n) is 9.79. The molecular formula is C25H21F3O2. The number of hydrogen-bond donors (Lipinski definition) is 1. The van der Waals surface area contributed by atoms with E-state index in [0.29, 0.717) is 23.3 Å². The second-order valence-electron chi connectivity index (χ2n) is 7.46. The molecule has 1 aliphatic rings. The van der Waals surface area contributed by atoms with Crippen molar-refractivity contribution in [3.8, 4) is 28.0 Å². The molecular weight excluding hydrogens is 389 g/mol. The van der Waals surface area contributed by atoms with E-state index in [-0.39, 0.29) is 23.4 Å². The highest BCUT2D eigenvalue weighted by Gasteiger charge is 2.23. The molecule has 0 saturated carbocycles. The SMILES string of the molecule is C=CC1CCC(c2ccc(-c3ccc(-c4ccc(O)c(F)c4F)cc3)cc2F)CO1. The molecule has 0 bridgehead atoms. The summed E-state index contributed by atoms with van der Waals surface area (Å²) in [4.78, 5) is 0. The molecule has 0 aliphatic carbocycles. The third-order valence-electron chi connectivity index (χ3n) is 5.61. The van der Waals surface area contributed by atoms with Crippen LogP contribution in [0.5, 0.6) is 5.75 Å². The molecule has 0 spiro atoms. The van der Waals surface area contributed by atoms with Gasteiger partial charge in [0.1, 0.15) is 5.82 Å². The minimum Gasteiger partial charge on any atom is -0.505 e. The van der Waals surface area contributed by atoms with E-state index in [1.54, 1.807) is 36.4 Å². The van der Waals surface area contributed by atoms with Crippen LogP contribution >= 0.6 is 0 Å². The minimum atomic E-state index is -1.28. The Morgan fingerprint density at radius 3 is 2.20 bits per heavy atom. The molecule has 3 aromatic rings. The summed E-state index contributed by atoms with van der Waals surface area (Å²) in [6, 6.07) is 14.3. The number of phenolic OH excluding ortho intramolecular Hbond substituents is 1. The summed E-state index contributed by atoms with van der Waals surface area (Å²) in [5.41, 5.74) is 2.60. The normalized spacial score (nSPS) is 18.9. The summed E-state index contributed by atoms with van der Waals surface area (Å²) in [5, 5.41) is 9.27. The summed E-state index contributed by atoms with van der Waals surface area (Å²) in [5.74, 6) is -3.38. The van der Waals surface area contributed by atoms with Gasteiger partial charge in [0, 0.05) is 11.5 Å². The number of halogens is 3. The number of aromatic hydroxyl groups is 1. The predicted octanol–water partition coefficient (Wildman–Crippen LogP) is 6.59. The van der Waals surface area contributed by atoms with Crippen LogP contribution in [0.3, 0.4) is 0 Å². The molecule has 1 aliphatic heterocycles. The van der Waals surface area contributed by atoms with Crippen molar-refractivity contribution < 1.29 is 23.0 Å². The van der Waals surface area contributed by atoms with Crippen LogP contribution in [0.25, 0.3) is 22.3 Å². The van der Waals surface area contributed by atoms with E-state index in [2.05, 4.69) is 6.58 Å². The molecule has 30 heavy (non-hydrogen) atoms. The Kier molecular flexibility index (Phi) is 5.64. The van der Waals surface area contributed by atoms with E-state index in [1.807, 2.05) is 6.07 Å². The van der Waals surface area contributed by atoms with Crippen LogP contribution in [-0.4, -0.2) is 17.8 Å². The van der Waals surface area contributed by atoms with Crippen molar-refractivity contribution >= 4 is 0 Å². The van der Waals surface area contributed by atoms with Gasteiger partial charge in [-0.25, -0.2) is 8.78 Å². The lowest BCUT2D eigenvalue weighted by Crippen LogP contribution is -2.23. The molecule has 0 radical (unpaired) electrons. The molecule has 1 fully saturated rings. The van der Waals surface area contributed by atoms with Crippen molar-refractivity contribution in [3.05, 3.63) is 90.3 Å². The van der Waals surface area contributed by atoms with Crippen molar-refractivity contribution in [2.75, 3.05) is 6.61 Å². The average molecular weight is 410 g/mol. The van der Waals surface area contributed by atoms with Gasteiger partial charge in [-0.1, -0.05) is 42.5 Å². The minimum absolute atomic E-state index is 0.0185. The maximum atomic E-state index is 14.8. The first-order chi connectivity index (χ1) is 14.5. The topological polar surface area (TPSA) is 29.5 Å². The first kappa shape index (κ1) is 20.2. The predicted molar refractivity (Wildman–Crippen MR) is 111 cm³/mol. The third-order valence-corrected chi connectivity index (χ3v) is 5.61. The van der Waals surface area contributed by atoms with E-state index in [0.717, 1.165) is 24.5 Å². The van der Waals surface area contributed by atoms with Crippen LogP contribution in [0.1, 0.15) is 24.3 Å². The van der Waals surface area contributed by atoms with Gasteiger partial charge >= 0.3 is 0 Å². The molecule has 1 heterocycles. The maximum absolute atomic E-state index is 14.8. The molecule has 2 atom stereocenters. The largest absolute Gasteiger partial charge is 0.505 e. The number of phenols is 1. The summed E-state index contributed by atoms with van der Waals surface area (Å²) < 4.78 is 48.2. The third kappa shape index (κ3) is 3.85. The first-order valence-corrected chi connectivity index (χ1v) is 9.79. The number of rotatable bonds is 4. The van der Waals surface area contributed by atoms with E-state index < -0.39 is 17.4 Å². The summed E-state index contributed by atoms with van der Waals surface area (Å²) >= 11 is 0. The van der Waals surface area contributed by atoms with E-state index >= 15 is 0 Å². The van der Waals surface area contributed by atoms with E-state index in [1.165, 1.54) is 12.1 Å². The quantitative estimate of drug-likeness (QED) is 0.492. The lowest BCUT2D eigenvalue weighted by atomic mass is 9.89. The van der Waals surface area contributed by atoms with Gasteiger partial charge in [0.15, 0.2) is 11.6 Å². The summed E-state index contributed by atoms with van der Waals surface area (Å²) in [6.45, 7) is 4.20. The Hall–Kier alpha value is -3.05. The monoisotopic (exact) mass is 410 g/mol. The fourth-order valence-corrected chi connectivity index (χ4v) is 3.85. The molecule has 2 nitrogen and oxygen atoms in total. The van der Waals surface area contributed by atoms with Crippen LogP contribution in [0.15, 0.2) is 67.3 Å². The summed E-state index contributed by atoms with van der Waals surface area (Å²) in [6.07, 6.45) is 3.48. The zero-order chi connectivity index (χ0) is 21.3. The van der Waals surface area contributed by atoms with Crippen molar-refractivity contribution in [1.29, 1.82) is 0 Å². The second kappa shape index (κ2) is 8.36. The average Bonchev–Trinajstić information content (AvgIpc) is 2.78. The Labute approximate surface area is 173 Å². The smallest absolute Gasteiger partial charge is 0.200 e. The highest BCUT2D eigenvalue weighted by molar-refractivity contribution is 5.71. The molecule has 0 amide bonds. The van der Waals surface area contributed by atoms with Crippen LogP contribution in [0, 0.1) is 17.5 Å². The van der Waals surface area contributed by atoms with Gasteiger partial charge < -0.3 is 9.84 Å². The molecule has 1 saturated heterocycles. The van der Waals surface area contributed by atoms with E-state index in [4.69, 9.17) is 4.74 Å². The molecule has 2 unspecified atom stereocenters. The van der Waals surface area contributed by atoms with Crippen molar-refractivity contribution in [2.45, 2.75) is 24.9 Å². The Morgan fingerprint density at radius 2 is 1.57 bits per heavy atom. The lowest BCUT2D eigenvalue weighted by Gasteiger charge is -2.27. The fourth-order valence-electron chi connectivity index (χ4n) is 3.85. The van der Waals surface area contributed by atoms with Crippen molar-refractivity contribution in [1.82, 2.24) is 0 Å². The molecule has 0 aromatic heterocycles. The number of ether oxygens (including phenoxy) is 1. The Bertz CT molecular complexity index is 1070. The fraction of sp³-hybridized carbons (Fsp3) is 0.200. The highest BCUT2D eigenvalue weighted by Crippen LogP contribution is 2.34. The molecule has 3 aromatic carbocycles. The van der Waals surface area contributed by atoms with E-state index in [9.17, 15) is 18.3 Å². The van der Waals surface area contributed by atoms with Crippen LogP contribution in [-0.2, 0) is 4.74 Å². The van der Waals surface area contributed by atoms with Crippen LogP contribution in [0.4, 0.5) is 13.2 Å². The van der Waals surface area contributed by atoms with Crippen molar-refractivity contribution in [3.63, 3.8) is 0 Å². The molecule has 154 valence electrons. The molecule has 5 heteroatoms. The zero-order valence-electron chi connectivity index (χ0n) is 16.2. The Balaban J connectivity index is 1.56. The lowest BCUT2D eigenvalue weighted by molar-refractivity contribution is 0.0321. The molecule has 1 N–H and O–H groups in total. The summed E-state index contributed by atoms with van der Waals surface area (Å²) in [7, 11) is 0. The van der Waals surface area contributed by atoms with Gasteiger partial charge in [0.25, 0.3) is 0 Å². The number of hydrogen-bond acceptors (Lipinski definition) is 2. The second-order valence-corrected chi connectivity index (χ2v) is 7.46. The molecule has 4 rings (SSSR count). The van der Waals surface area contributed by atoms with Gasteiger partial charge in [0.2, 0.25) is 5.82 Å². The van der Waals surface area contributed by atoms with Gasteiger partial charge in [-0.3, -0.25) is 0 Å².